The zero-order valence-corrected chi connectivity index (χ0v) is 23.4. The van der Waals surface area contributed by atoms with Crippen molar-refractivity contribution < 1.29 is 28.1 Å². The molecule has 0 aliphatic carbocycles. The molecule has 3 aromatic carbocycles. The number of allylic oxidation sites excluding steroid dienone is 1. The summed E-state index contributed by atoms with van der Waals surface area (Å²) in [5.41, 5.74) is 0.964. The zero-order chi connectivity index (χ0) is 28.4. The van der Waals surface area contributed by atoms with Crippen LogP contribution in [-0.2, 0) is 18.6 Å². The highest BCUT2D eigenvalue weighted by molar-refractivity contribution is 5.76. The summed E-state index contributed by atoms with van der Waals surface area (Å²) in [6.45, 7) is 4.14. The second kappa shape index (κ2) is 13.6. The molecule has 3 rings (SSSR count). The van der Waals surface area contributed by atoms with Crippen molar-refractivity contribution in [3.05, 3.63) is 95.3 Å². The molecule has 39 heavy (non-hydrogen) atoms. The maximum Gasteiger partial charge on any atom is 0.318 e. The van der Waals surface area contributed by atoms with Crippen LogP contribution in [0.15, 0.2) is 72.8 Å². The van der Waals surface area contributed by atoms with Crippen LogP contribution in [0, 0.1) is 5.82 Å². The van der Waals surface area contributed by atoms with Crippen molar-refractivity contribution in [1.82, 2.24) is 10.2 Å². The minimum atomic E-state index is -0.999. The molecule has 8 heteroatoms. The van der Waals surface area contributed by atoms with Gasteiger partial charge in [0.05, 0.1) is 47.1 Å². The lowest BCUT2D eigenvalue weighted by molar-refractivity contribution is 0.177. The maximum atomic E-state index is 15.0. The van der Waals surface area contributed by atoms with Crippen LogP contribution in [0.3, 0.4) is 0 Å². The van der Waals surface area contributed by atoms with E-state index in [9.17, 15) is 9.18 Å². The van der Waals surface area contributed by atoms with Crippen LogP contribution in [0.25, 0.3) is 0 Å². The molecule has 0 aliphatic rings. The number of ether oxygens (including phenoxy) is 4. The van der Waals surface area contributed by atoms with E-state index in [1.54, 1.807) is 63.7 Å². The van der Waals surface area contributed by atoms with Crippen molar-refractivity contribution in [2.45, 2.75) is 38.9 Å². The van der Waals surface area contributed by atoms with E-state index < -0.39 is 5.54 Å². The monoisotopic (exact) mass is 536 g/mol. The Hall–Kier alpha value is -4.20. The molecule has 0 bridgehead atoms. The Balaban J connectivity index is 2.03. The standard InChI is InChI=1S/C31H37FN2O5/c1-7-8-17-31(2,26-11-9-10-12-27(26)32)33-30(35)34(20-22-13-15-24(36-3)18-28(22)38-5)21-23-14-16-25(37-4)19-29(23)39-6/h7-16,18-19H,17,20-21H2,1-6H3,(H,33,35). The van der Waals surface area contributed by atoms with Gasteiger partial charge < -0.3 is 29.2 Å². The summed E-state index contributed by atoms with van der Waals surface area (Å²) in [7, 11) is 6.31. The number of halogens is 1. The third-order valence-corrected chi connectivity index (χ3v) is 6.61. The normalized spacial score (nSPS) is 12.5. The lowest BCUT2D eigenvalue weighted by atomic mass is 9.88. The first-order valence-corrected chi connectivity index (χ1v) is 12.6. The number of nitrogens with one attached hydrogen (secondary N) is 1. The highest BCUT2D eigenvalue weighted by atomic mass is 19.1. The quantitative estimate of drug-likeness (QED) is 0.269. The molecule has 1 unspecified atom stereocenters. The summed E-state index contributed by atoms with van der Waals surface area (Å²) in [5.74, 6) is 2.06. The third kappa shape index (κ3) is 7.22. The van der Waals surface area contributed by atoms with Gasteiger partial charge in [0.2, 0.25) is 0 Å². The van der Waals surface area contributed by atoms with Crippen LogP contribution in [0.5, 0.6) is 23.0 Å². The predicted molar refractivity (Wildman–Crippen MR) is 150 cm³/mol. The van der Waals surface area contributed by atoms with Gasteiger partial charge in [-0.1, -0.05) is 30.4 Å². The SMILES string of the molecule is CC=CCC(C)(NC(=O)N(Cc1ccc(OC)cc1OC)Cc1ccc(OC)cc1OC)c1ccccc1F. The number of hydrogen-bond donors (Lipinski definition) is 1. The number of urea groups is 1. The van der Waals surface area contributed by atoms with Crippen LogP contribution >= 0.6 is 0 Å². The fourth-order valence-electron chi connectivity index (χ4n) is 4.38. The van der Waals surface area contributed by atoms with E-state index in [1.807, 2.05) is 50.3 Å². The Morgan fingerprint density at radius 2 is 1.41 bits per heavy atom. The number of amides is 2. The van der Waals surface area contributed by atoms with Gasteiger partial charge >= 0.3 is 6.03 Å². The molecule has 0 saturated carbocycles. The van der Waals surface area contributed by atoms with Gasteiger partial charge in [0.1, 0.15) is 28.8 Å². The van der Waals surface area contributed by atoms with Gasteiger partial charge in [0, 0.05) is 28.8 Å². The summed E-state index contributed by atoms with van der Waals surface area (Å²) < 4.78 is 36.8. The molecule has 0 saturated heterocycles. The minimum Gasteiger partial charge on any atom is -0.497 e. The van der Waals surface area contributed by atoms with Gasteiger partial charge in [0.25, 0.3) is 0 Å². The Labute approximate surface area is 230 Å². The molecule has 3 aromatic rings. The lowest BCUT2D eigenvalue weighted by Crippen LogP contribution is -2.49. The van der Waals surface area contributed by atoms with Gasteiger partial charge in [-0.15, -0.1) is 0 Å². The highest BCUT2D eigenvalue weighted by Gasteiger charge is 2.32. The van der Waals surface area contributed by atoms with Crippen molar-refractivity contribution in [2.75, 3.05) is 28.4 Å². The number of carbonyl (C=O) groups is 1. The molecular weight excluding hydrogens is 499 g/mol. The first-order valence-electron chi connectivity index (χ1n) is 12.6. The summed E-state index contributed by atoms with van der Waals surface area (Å²) >= 11 is 0. The Morgan fingerprint density at radius 1 is 0.872 bits per heavy atom. The molecular formula is C31H37FN2O5. The first-order chi connectivity index (χ1) is 18.8. The average molecular weight is 537 g/mol. The third-order valence-electron chi connectivity index (χ3n) is 6.61. The number of nitrogens with zero attached hydrogens (tertiary/aromatic N) is 1. The summed E-state index contributed by atoms with van der Waals surface area (Å²) in [6, 6.07) is 17.0. The molecule has 2 amide bonds. The van der Waals surface area contributed by atoms with E-state index in [2.05, 4.69) is 5.32 Å². The number of carbonyl (C=O) groups excluding carboxylic acids is 1. The molecule has 0 heterocycles. The summed E-state index contributed by atoms with van der Waals surface area (Å²) in [4.78, 5) is 15.6. The van der Waals surface area contributed by atoms with Crippen molar-refractivity contribution in [3.8, 4) is 23.0 Å². The van der Waals surface area contributed by atoms with Crippen molar-refractivity contribution >= 4 is 6.03 Å². The molecule has 0 radical (unpaired) electrons. The fraction of sp³-hybridized carbons (Fsp3) is 0.323. The second-order valence-corrected chi connectivity index (χ2v) is 9.23. The number of rotatable bonds is 12. The fourth-order valence-corrected chi connectivity index (χ4v) is 4.38. The summed E-state index contributed by atoms with van der Waals surface area (Å²) in [5, 5.41) is 3.11. The maximum absolute atomic E-state index is 15.0. The number of hydrogen-bond acceptors (Lipinski definition) is 5. The second-order valence-electron chi connectivity index (χ2n) is 9.23. The zero-order valence-electron chi connectivity index (χ0n) is 23.4. The molecule has 1 N–H and O–H groups in total. The largest absolute Gasteiger partial charge is 0.497 e. The number of methoxy groups -OCH3 is 4. The van der Waals surface area contributed by atoms with Crippen LogP contribution in [0.1, 0.15) is 37.0 Å². The molecule has 0 aliphatic heterocycles. The van der Waals surface area contributed by atoms with Crippen LogP contribution < -0.4 is 24.3 Å². The number of benzene rings is 3. The van der Waals surface area contributed by atoms with E-state index in [0.717, 1.165) is 11.1 Å². The van der Waals surface area contributed by atoms with Crippen LogP contribution in [0.4, 0.5) is 9.18 Å². The Kier molecular flexibility index (Phi) is 10.2. The highest BCUT2D eigenvalue weighted by Crippen LogP contribution is 2.31. The lowest BCUT2D eigenvalue weighted by Gasteiger charge is -2.34. The summed E-state index contributed by atoms with van der Waals surface area (Å²) in [6.07, 6.45) is 4.20. The molecule has 1 atom stereocenters. The molecule has 7 nitrogen and oxygen atoms in total. The molecule has 0 fully saturated rings. The van der Waals surface area contributed by atoms with Crippen LogP contribution in [-0.4, -0.2) is 39.4 Å². The van der Waals surface area contributed by atoms with E-state index in [1.165, 1.54) is 6.07 Å². The Morgan fingerprint density at radius 3 is 1.87 bits per heavy atom. The molecule has 0 aromatic heterocycles. The van der Waals surface area contributed by atoms with Crippen molar-refractivity contribution in [1.29, 1.82) is 0 Å². The van der Waals surface area contributed by atoms with Gasteiger partial charge in [-0.05, 0) is 50.6 Å². The van der Waals surface area contributed by atoms with E-state index >= 15 is 0 Å². The van der Waals surface area contributed by atoms with Gasteiger partial charge in [-0.2, -0.15) is 0 Å². The average Bonchev–Trinajstić information content (AvgIpc) is 2.96. The topological polar surface area (TPSA) is 69.3 Å². The van der Waals surface area contributed by atoms with Gasteiger partial charge in [-0.25, -0.2) is 9.18 Å². The van der Waals surface area contributed by atoms with E-state index in [4.69, 9.17) is 18.9 Å². The molecule has 0 spiro atoms. The van der Waals surface area contributed by atoms with Crippen molar-refractivity contribution in [2.24, 2.45) is 0 Å². The Bertz CT molecular complexity index is 1240. The minimum absolute atomic E-state index is 0.213. The predicted octanol–water partition coefficient (Wildman–Crippen LogP) is 6.45. The van der Waals surface area contributed by atoms with Crippen LogP contribution in [0.2, 0.25) is 0 Å². The van der Waals surface area contributed by atoms with E-state index in [0.29, 0.717) is 35.0 Å². The molecule has 208 valence electrons. The van der Waals surface area contributed by atoms with E-state index in [-0.39, 0.29) is 24.9 Å². The van der Waals surface area contributed by atoms with Crippen molar-refractivity contribution in [3.63, 3.8) is 0 Å². The smallest absolute Gasteiger partial charge is 0.318 e. The van der Waals surface area contributed by atoms with Gasteiger partial charge in [0.15, 0.2) is 0 Å². The van der Waals surface area contributed by atoms with Gasteiger partial charge in [-0.3, -0.25) is 0 Å². The first kappa shape index (κ1) is 29.4.